The van der Waals surface area contributed by atoms with Gasteiger partial charge < -0.3 is 5.32 Å². The minimum Gasteiger partial charge on any atom is -0.315 e. The third-order valence-electron chi connectivity index (χ3n) is 4.28. The number of rotatable bonds is 5. The van der Waals surface area contributed by atoms with Crippen molar-refractivity contribution in [3.8, 4) is 6.07 Å². The molecule has 0 saturated carbocycles. The number of halogens is 2. The molecule has 0 unspecified atom stereocenters. The van der Waals surface area contributed by atoms with Crippen LogP contribution in [0.15, 0.2) is 29.6 Å². The summed E-state index contributed by atoms with van der Waals surface area (Å²) in [6.45, 7) is 4.47. The first-order chi connectivity index (χ1) is 12.5. The Labute approximate surface area is 166 Å². The number of carbonyl (C=O) groups excluding carboxylic acids is 1. The van der Waals surface area contributed by atoms with E-state index in [2.05, 4.69) is 21.2 Å². The van der Waals surface area contributed by atoms with Gasteiger partial charge in [0, 0.05) is 42.8 Å². The van der Waals surface area contributed by atoms with Crippen molar-refractivity contribution in [3.63, 3.8) is 0 Å². The van der Waals surface area contributed by atoms with E-state index >= 15 is 0 Å². The predicted octanol–water partition coefficient (Wildman–Crippen LogP) is 3.68. The number of anilines is 1. The Morgan fingerprint density at radius 3 is 2.62 bits per heavy atom. The highest BCUT2D eigenvalue weighted by molar-refractivity contribution is 7.14. The minimum absolute atomic E-state index is 0.0851. The van der Waals surface area contributed by atoms with E-state index in [1.165, 1.54) is 11.3 Å². The second kappa shape index (κ2) is 8.85. The van der Waals surface area contributed by atoms with E-state index < -0.39 is 0 Å². The number of hydrogen-bond acceptors (Lipinski definition) is 5. The van der Waals surface area contributed by atoms with Crippen molar-refractivity contribution in [2.45, 2.75) is 6.54 Å². The summed E-state index contributed by atoms with van der Waals surface area (Å²) in [6.07, 6.45) is 0. The van der Waals surface area contributed by atoms with Crippen LogP contribution in [0.2, 0.25) is 10.0 Å². The number of carbonyl (C=O) groups is 1. The van der Waals surface area contributed by atoms with E-state index in [9.17, 15) is 4.79 Å². The molecular weight excluding hydrogens is 391 g/mol. The fraction of sp³-hybridized carbons (Fsp3) is 0.333. The SMILES string of the molecule is N#Cc1ccsc1NC(=O)CN1CCN(Cc2ccc(Cl)cc2Cl)CC1. The number of nitriles is 1. The number of nitrogens with zero attached hydrogens (tertiary/aromatic N) is 3. The van der Waals surface area contributed by atoms with Gasteiger partial charge in [0.25, 0.3) is 0 Å². The molecule has 8 heteroatoms. The molecule has 3 rings (SSSR count). The van der Waals surface area contributed by atoms with Gasteiger partial charge in [-0.15, -0.1) is 11.3 Å². The molecule has 0 bridgehead atoms. The van der Waals surface area contributed by atoms with Gasteiger partial charge in [0.1, 0.15) is 11.1 Å². The second-order valence-corrected chi connectivity index (χ2v) is 7.87. The van der Waals surface area contributed by atoms with Crippen molar-refractivity contribution in [1.29, 1.82) is 5.26 Å². The third kappa shape index (κ3) is 4.97. The van der Waals surface area contributed by atoms with Gasteiger partial charge in [-0.25, -0.2) is 0 Å². The smallest absolute Gasteiger partial charge is 0.239 e. The molecule has 136 valence electrons. The van der Waals surface area contributed by atoms with Crippen LogP contribution >= 0.6 is 34.5 Å². The molecule has 0 spiro atoms. The maximum Gasteiger partial charge on any atom is 0.239 e. The Morgan fingerprint density at radius 1 is 1.19 bits per heavy atom. The highest BCUT2D eigenvalue weighted by Crippen LogP contribution is 2.23. The van der Waals surface area contributed by atoms with Gasteiger partial charge in [0.15, 0.2) is 0 Å². The molecule has 5 nitrogen and oxygen atoms in total. The Hall–Kier alpha value is -1.62. The number of piperazine rings is 1. The Morgan fingerprint density at radius 2 is 1.92 bits per heavy atom. The summed E-state index contributed by atoms with van der Waals surface area (Å²) in [7, 11) is 0. The highest BCUT2D eigenvalue weighted by Gasteiger charge is 2.20. The first-order valence-electron chi connectivity index (χ1n) is 8.21. The number of hydrogen-bond donors (Lipinski definition) is 1. The van der Waals surface area contributed by atoms with Crippen molar-refractivity contribution in [3.05, 3.63) is 50.8 Å². The van der Waals surface area contributed by atoms with Crippen molar-refractivity contribution in [2.75, 3.05) is 38.0 Å². The van der Waals surface area contributed by atoms with Crippen LogP contribution in [0.4, 0.5) is 5.00 Å². The zero-order chi connectivity index (χ0) is 18.5. The maximum atomic E-state index is 12.2. The van der Waals surface area contributed by atoms with Gasteiger partial charge in [-0.2, -0.15) is 5.26 Å². The van der Waals surface area contributed by atoms with Crippen molar-refractivity contribution >= 4 is 45.4 Å². The minimum atomic E-state index is -0.0851. The summed E-state index contributed by atoms with van der Waals surface area (Å²) in [6, 6.07) is 9.36. The fourth-order valence-corrected chi connectivity index (χ4v) is 4.08. The summed E-state index contributed by atoms with van der Waals surface area (Å²) < 4.78 is 0. The van der Waals surface area contributed by atoms with Crippen LogP contribution < -0.4 is 5.32 Å². The lowest BCUT2D eigenvalue weighted by atomic mass is 10.2. The fourth-order valence-electron chi connectivity index (χ4n) is 2.86. The highest BCUT2D eigenvalue weighted by atomic mass is 35.5. The van der Waals surface area contributed by atoms with Crippen molar-refractivity contribution < 1.29 is 4.79 Å². The molecule has 1 fully saturated rings. The van der Waals surface area contributed by atoms with E-state index in [1.54, 1.807) is 17.5 Å². The van der Waals surface area contributed by atoms with Gasteiger partial charge >= 0.3 is 0 Å². The molecule has 0 atom stereocenters. The number of thiophene rings is 1. The van der Waals surface area contributed by atoms with Gasteiger partial charge in [0.05, 0.1) is 12.1 Å². The maximum absolute atomic E-state index is 12.2. The molecule has 1 aliphatic heterocycles. The van der Waals surface area contributed by atoms with Crippen molar-refractivity contribution in [1.82, 2.24) is 9.80 Å². The molecule has 1 aliphatic rings. The molecule has 1 saturated heterocycles. The Balaban J connectivity index is 1.46. The van der Waals surface area contributed by atoms with Crippen LogP contribution in [0.25, 0.3) is 0 Å². The van der Waals surface area contributed by atoms with E-state index in [1.807, 2.05) is 12.1 Å². The van der Waals surface area contributed by atoms with E-state index in [4.69, 9.17) is 28.5 Å². The molecule has 26 heavy (non-hydrogen) atoms. The van der Waals surface area contributed by atoms with Crippen LogP contribution in [-0.4, -0.2) is 48.4 Å². The van der Waals surface area contributed by atoms with Crippen LogP contribution in [0, 0.1) is 11.3 Å². The summed E-state index contributed by atoms with van der Waals surface area (Å²) in [4.78, 5) is 16.6. The van der Waals surface area contributed by atoms with Gasteiger partial charge in [0.2, 0.25) is 5.91 Å². The van der Waals surface area contributed by atoms with Crippen LogP contribution in [0.3, 0.4) is 0 Å². The summed E-state index contributed by atoms with van der Waals surface area (Å²) in [5.74, 6) is -0.0851. The number of amides is 1. The first-order valence-corrected chi connectivity index (χ1v) is 9.85. The first kappa shape index (κ1) is 19.2. The summed E-state index contributed by atoms with van der Waals surface area (Å²) >= 11 is 13.5. The largest absolute Gasteiger partial charge is 0.315 e. The number of nitrogens with one attached hydrogen (secondary N) is 1. The lowest BCUT2D eigenvalue weighted by molar-refractivity contribution is -0.117. The molecule has 2 heterocycles. The van der Waals surface area contributed by atoms with Gasteiger partial charge in [-0.3, -0.25) is 14.6 Å². The molecule has 0 aliphatic carbocycles. The lowest BCUT2D eigenvalue weighted by Gasteiger charge is -2.34. The monoisotopic (exact) mass is 408 g/mol. The van der Waals surface area contributed by atoms with E-state index in [0.29, 0.717) is 27.2 Å². The number of benzene rings is 1. The normalized spacial score (nSPS) is 15.6. The Bertz CT molecular complexity index is 825. The average Bonchev–Trinajstić information content (AvgIpc) is 3.06. The predicted molar refractivity (Wildman–Crippen MR) is 106 cm³/mol. The van der Waals surface area contributed by atoms with E-state index in [-0.39, 0.29) is 5.91 Å². The third-order valence-corrected chi connectivity index (χ3v) is 5.70. The zero-order valence-electron chi connectivity index (χ0n) is 14.0. The topological polar surface area (TPSA) is 59.4 Å². The molecule has 2 aromatic rings. The molecule has 1 N–H and O–H groups in total. The quantitative estimate of drug-likeness (QED) is 0.819. The summed E-state index contributed by atoms with van der Waals surface area (Å²) in [5.41, 5.74) is 1.57. The average molecular weight is 409 g/mol. The van der Waals surface area contributed by atoms with Gasteiger partial charge in [-0.05, 0) is 29.1 Å². The van der Waals surface area contributed by atoms with Crippen molar-refractivity contribution in [2.24, 2.45) is 0 Å². The molecular formula is C18H18Cl2N4OS. The molecule has 0 radical (unpaired) electrons. The van der Waals surface area contributed by atoms with Crippen LogP contribution in [0.1, 0.15) is 11.1 Å². The van der Waals surface area contributed by atoms with E-state index in [0.717, 1.165) is 38.3 Å². The van der Waals surface area contributed by atoms with Crippen LogP contribution in [0.5, 0.6) is 0 Å². The standard InChI is InChI=1S/C18H18Cl2N4OS/c19-15-2-1-14(16(20)9-15)11-23-4-6-24(7-5-23)12-17(25)22-18-13(10-21)3-8-26-18/h1-3,8-9H,4-7,11-12H2,(H,22,25). The second-order valence-electron chi connectivity index (χ2n) is 6.11. The zero-order valence-corrected chi connectivity index (χ0v) is 16.4. The lowest BCUT2D eigenvalue weighted by Crippen LogP contribution is -2.48. The van der Waals surface area contributed by atoms with Gasteiger partial charge in [-0.1, -0.05) is 29.3 Å². The molecule has 1 aromatic heterocycles. The summed E-state index contributed by atoms with van der Waals surface area (Å²) in [5, 5.41) is 15.6. The molecule has 1 amide bonds. The Kier molecular flexibility index (Phi) is 6.52. The van der Waals surface area contributed by atoms with Crippen LogP contribution in [-0.2, 0) is 11.3 Å². The molecule has 1 aromatic carbocycles.